The molecule has 0 saturated heterocycles. The average molecular weight is 405 g/mol. The van der Waals surface area contributed by atoms with E-state index in [1.165, 1.54) is 0 Å². The number of hydrogen-bond acceptors (Lipinski definition) is 6. The van der Waals surface area contributed by atoms with E-state index in [0.29, 0.717) is 12.6 Å². The number of phenols is 1. The molecule has 2 aliphatic heterocycles. The second kappa shape index (κ2) is 8.57. The van der Waals surface area contributed by atoms with Crippen molar-refractivity contribution in [1.29, 1.82) is 0 Å². The third kappa shape index (κ3) is 4.30. The number of phenolic OH excluding ortho intramolecular Hbond substituents is 1. The molecule has 30 heavy (non-hydrogen) atoms. The molecule has 1 aromatic carbocycles. The van der Waals surface area contributed by atoms with Crippen molar-refractivity contribution in [2.24, 2.45) is 22.0 Å². The smallest absolute Gasteiger partial charge is 0.134 e. The predicted octanol–water partition coefficient (Wildman–Crippen LogP) is 2.73. The molecule has 2 N–H and O–H groups in total. The molecule has 0 radical (unpaired) electrons. The van der Waals surface area contributed by atoms with Gasteiger partial charge in [-0.2, -0.15) is 0 Å². The Kier molecular flexibility index (Phi) is 5.70. The van der Waals surface area contributed by atoms with E-state index in [2.05, 4.69) is 45.8 Å². The highest BCUT2D eigenvalue weighted by atomic mass is 16.3. The van der Waals surface area contributed by atoms with E-state index in [0.717, 1.165) is 41.6 Å². The van der Waals surface area contributed by atoms with E-state index in [9.17, 15) is 5.11 Å². The van der Waals surface area contributed by atoms with Crippen LogP contribution < -0.4 is 5.32 Å². The van der Waals surface area contributed by atoms with Gasteiger partial charge in [-0.1, -0.05) is 12.1 Å². The summed E-state index contributed by atoms with van der Waals surface area (Å²) in [5, 5.41) is 12.9. The molecule has 0 fully saturated rings. The van der Waals surface area contributed by atoms with Gasteiger partial charge in [-0.3, -0.25) is 9.98 Å². The normalized spacial score (nSPS) is 20.2. The second-order valence-corrected chi connectivity index (χ2v) is 7.84. The summed E-state index contributed by atoms with van der Waals surface area (Å²) in [6, 6.07) is 11.6. The van der Waals surface area contributed by atoms with Gasteiger partial charge < -0.3 is 19.9 Å². The SMILES string of the molecule is CC(C)N1C=NC2/C=C(/NCCc3ccc(O)cc3)N=C(c3cccn3C)CN=C21. The van der Waals surface area contributed by atoms with Gasteiger partial charge in [-0.25, -0.2) is 4.99 Å². The van der Waals surface area contributed by atoms with Gasteiger partial charge in [0.2, 0.25) is 0 Å². The molecule has 3 heterocycles. The van der Waals surface area contributed by atoms with Gasteiger partial charge in [-0.15, -0.1) is 0 Å². The molecular weight excluding hydrogens is 376 g/mol. The number of nitrogens with one attached hydrogen (secondary N) is 1. The lowest BCUT2D eigenvalue weighted by molar-refractivity contribution is 0.475. The molecular formula is C23H28N6O. The number of benzene rings is 1. The zero-order chi connectivity index (χ0) is 21.1. The number of hydrogen-bond donors (Lipinski definition) is 2. The fraction of sp³-hybridized carbons (Fsp3) is 0.348. The molecule has 1 atom stereocenters. The summed E-state index contributed by atoms with van der Waals surface area (Å²) < 4.78 is 2.07. The Morgan fingerprint density at radius 2 is 2.00 bits per heavy atom. The van der Waals surface area contributed by atoms with Gasteiger partial charge in [0.1, 0.15) is 23.4 Å². The number of nitrogens with zero attached hydrogens (tertiary/aromatic N) is 5. The second-order valence-electron chi connectivity index (χ2n) is 7.84. The first-order valence-corrected chi connectivity index (χ1v) is 10.3. The van der Waals surface area contributed by atoms with Crippen LogP contribution in [0.15, 0.2) is 69.5 Å². The number of fused-ring (bicyclic) bond motifs is 1. The van der Waals surface area contributed by atoms with Crippen LogP contribution in [-0.2, 0) is 13.5 Å². The third-order valence-corrected chi connectivity index (χ3v) is 5.29. The highest BCUT2D eigenvalue weighted by molar-refractivity contribution is 6.06. The fourth-order valence-corrected chi connectivity index (χ4v) is 3.63. The lowest BCUT2D eigenvalue weighted by Crippen LogP contribution is -2.37. The van der Waals surface area contributed by atoms with Crippen molar-refractivity contribution in [2.45, 2.75) is 32.4 Å². The minimum absolute atomic E-state index is 0.123. The van der Waals surface area contributed by atoms with Crippen LogP contribution in [-0.4, -0.2) is 57.6 Å². The molecule has 0 amide bonds. The summed E-state index contributed by atoms with van der Waals surface area (Å²) in [5.41, 5.74) is 3.14. The van der Waals surface area contributed by atoms with Crippen LogP contribution in [0, 0.1) is 0 Å². The van der Waals surface area contributed by atoms with Crippen molar-refractivity contribution < 1.29 is 5.11 Å². The van der Waals surface area contributed by atoms with Gasteiger partial charge >= 0.3 is 0 Å². The summed E-state index contributed by atoms with van der Waals surface area (Å²) in [7, 11) is 2.02. The maximum atomic E-state index is 9.46. The lowest BCUT2D eigenvalue weighted by atomic mass is 10.1. The van der Waals surface area contributed by atoms with E-state index in [-0.39, 0.29) is 11.8 Å². The van der Waals surface area contributed by atoms with Gasteiger partial charge in [-0.05, 0) is 56.2 Å². The number of rotatable bonds is 6. The van der Waals surface area contributed by atoms with E-state index in [4.69, 9.17) is 9.98 Å². The van der Waals surface area contributed by atoms with E-state index in [1.54, 1.807) is 12.1 Å². The van der Waals surface area contributed by atoms with Crippen LogP contribution in [0.5, 0.6) is 5.75 Å². The topological polar surface area (TPSA) is 77.5 Å². The third-order valence-electron chi connectivity index (χ3n) is 5.29. The lowest BCUT2D eigenvalue weighted by Gasteiger charge is -2.23. The molecule has 156 valence electrons. The number of aromatic nitrogens is 1. The number of aromatic hydroxyl groups is 1. The monoisotopic (exact) mass is 404 g/mol. The van der Waals surface area contributed by atoms with Gasteiger partial charge in [0.25, 0.3) is 0 Å². The molecule has 7 nitrogen and oxygen atoms in total. The Hall–Kier alpha value is -3.35. The zero-order valence-electron chi connectivity index (χ0n) is 17.7. The Morgan fingerprint density at radius 3 is 2.70 bits per heavy atom. The highest BCUT2D eigenvalue weighted by Crippen LogP contribution is 2.18. The molecule has 0 aliphatic carbocycles. The van der Waals surface area contributed by atoms with E-state index >= 15 is 0 Å². The first-order chi connectivity index (χ1) is 14.5. The molecule has 1 aromatic heterocycles. The summed E-state index contributed by atoms with van der Waals surface area (Å²) in [6.07, 6.45) is 6.79. The van der Waals surface area contributed by atoms with Crippen molar-refractivity contribution in [2.75, 3.05) is 13.1 Å². The summed E-state index contributed by atoms with van der Waals surface area (Å²) in [5.74, 6) is 2.06. The molecule has 7 heteroatoms. The highest BCUT2D eigenvalue weighted by Gasteiger charge is 2.28. The standard InChI is InChI=1S/C23H28N6O/c1-16(2)29-15-26-19-13-22(24-11-10-17-6-8-18(30)9-7-17)27-20(14-25-23(19)29)21-5-4-12-28(21)3/h4-9,12-13,15-16,19,24,30H,10-11,14H2,1-3H3/b22-13-,25-23?,27-20?. The quantitative estimate of drug-likeness (QED) is 0.777. The van der Waals surface area contributed by atoms with Crippen LogP contribution in [0.3, 0.4) is 0 Å². The van der Waals surface area contributed by atoms with Gasteiger partial charge in [0.15, 0.2) is 0 Å². The first-order valence-electron chi connectivity index (χ1n) is 10.3. The van der Waals surface area contributed by atoms with Crippen molar-refractivity contribution in [1.82, 2.24) is 14.8 Å². The van der Waals surface area contributed by atoms with Crippen LogP contribution in [0.2, 0.25) is 0 Å². The molecule has 0 bridgehead atoms. The zero-order valence-corrected chi connectivity index (χ0v) is 17.7. The largest absolute Gasteiger partial charge is 0.508 e. The minimum Gasteiger partial charge on any atom is -0.508 e. The predicted molar refractivity (Wildman–Crippen MR) is 121 cm³/mol. The molecule has 0 spiro atoms. The Bertz CT molecular complexity index is 1010. The van der Waals surface area contributed by atoms with Crippen LogP contribution in [0.1, 0.15) is 25.1 Å². The molecule has 0 saturated carbocycles. The molecule has 4 rings (SSSR count). The Labute approximate surface area is 177 Å². The van der Waals surface area contributed by atoms with Crippen LogP contribution in [0.4, 0.5) is 0 Å². The summed E-state index contributed by atoms with van der Waals surface area (Å²) >= 11 is 0. The summed E-state index contributed by atoms with van der Waals surface area (Å²) in [6.45, 7) is 5.52. The maximum Gasteiger partial charge on any atom is 0.134 e. The number of amidine groups is 1. The fourth-order valence-electron chi connectivity index (χ4n) is 3.63. The average Bonchev–Trinajstić information content (AvgIpc) is 3.30. The van der Waals surface area contributed by atoms with Crippen molar-refractivity contribution >= 4 is 17.9 Å². The minimum atomic E-state index is -0.123. The number of aliphatic imine (C=N–C) groups is 3. The molecule has 2 aromatic rings. The van der Waals surface area contributed by atoms with Crippen molar-refractivity contribution in [3.63, 3.8) is 0 Å². The van der Waals surface area contributed by atoms with E-state index < -0.39 is 0 Å². The molecule has 1 unspecified atom stereocenters. The first kappa shape index (κ1) is 19.9. The van der Waals surface area contributed by atoms with Crippen molar-refractivity contribution in [3.8, 4) is 5.75 Å². The molecule has 2 aliphatic rings. The van der Waals surface area contributed by atoms with Crippen molar-refractivity contribution in [3.05, 3.63) is 65.7 Å². The number of aryl methyl sites for hydroxylation is 1. The summed E-state index contributed by atoms with van der Waals surface area (Å²) in [4.78, 5) is 16.6. The Morgan fingerprint density at radius 1 is 1.20 bits per heavy atom. The van der Waals surface area contributed by atoms with Crippen LogP contribution >= 0.6 is 0 Å². The van der Waals surface area contributed by atoms with Gasteiger partial charge in [0.05, 0.1) is 24.3 Å². The van der Waals surface area contributed by atoms with E-state index in [1.807, 2.05) is 37.8 Å². The van der Waals surface area contributed by atoms with Gasteiger partial charge in [0, 0.05) is 25.8 Å². The maximum absolute atomic E-state index is 9.46. The Balaban J connectivity index is 1.58. The van der Waals surface area contributed by atoms with Crippen LogP contribution in [0.25, 0.3) is 0 Å².